The number of ether oxygens (including phenoxy) is 3. The van der Waals surface area contributed by atoms with Crippen LogP contribution in [0.1, 0.15) is 239 Å². The molecule has 64 heavy (non-hydrogen) atoms. The lowest BCUT2D eigenvalue weighted by Crippen LogP contribution is -2.30. The summed E-state index contributed by atoms with van der Waals surface area (Å²) in [5.41, 5.74) is 0. The van der Waals surface area contributed by atoms with Crippen LogP contribution in [-0.2, 0) is 42.2 Å². The third kappa shape index (κ3) is 44.9. The lowest BCUT2D eigenvalue weighted by atomic mass is 10.1. The first-order valence-corrected chi connectivity index (χ1v) is 27.4. The lowest BCUT2D eigenvalue weighted by Gasteiger charge is -2.21. The number of esters is 3. The van der Waals surface area contributed by atoms with Gasteiger partial charge in [-0.15, -0.1) is 0 Å². The monoisotopic (exact) mass is 927 g/mol. The number of hydrogen-bond donors (Lipinski definition) is 2. The standard InChI is InChI=1S/C52H95O11P/c1-4-7-10-13-16-19-22-23-24-25-28-29-32-35-38-41-50(54)59-45-49(63-52(56)43-40-37-34-31-27-21-18-15-12-9-6-3)47-61-64(57,58)60-46-48(44-53)62-51(55)42-39-36-33-30-26-20-17-14-11-8-5-2/h14-15,17-18,23-24,48-49,53H,4-13,16,19-22,25-47H2,1-3H3,(H,57,58)/b17-14-,18-15-,24-23-. The first-order chi connectivity index (χ1) is 31.2. The van der Waals surface area contributed by atoms with Crippen molar-refractivity contribution in [3.8, 4) is 0 Å². The molecule has 3 atom stereocenters. The van der Waals surface area contributed by atoms with Gasteiger partial charge in [0.1, 0.15) is 12.7 Å². The Balaban J connectivity index is 4.73. The number of allylic oxidation sites excluding steroid dienone is 6. The molecule has 0 aliphatic carbocycles. The molecule has 0 saturated heterocycles. The molecular weight excluding hydrogens is 832 g/mol. The molecule has 0 amide bonds. The molecule has 0 bridgehead atoms. The van der Waals surface area contributed by atoms with Gasteiger partial charge in [0.25, 0.3) is 0 Å². The van der Waals surface area contributed by atoms with Crippen LogP contribution in [0, 0.1) is 0 Å². The minimum atomic E-state index is -4.74. The molecule has 0 aromatic heterocycles. The second kappa shape index (κ2) is 47.2. The van der Waals surface area contributed by atoms with E-state index in [9.17, 15) is 28.9 Å². The molecule has 0 radical (unpaired) electrons. The van der Waals surface area contributed by atoms with Gasteiger partial charge in [-0.05, 0) is 83.5 Å². The van der Waals surface area contributed by atoms with Gasteiger partial charge < -0.3 is 24.2 Å². The first kappa shape index (κ1) is 61.7. The SMILES string of the molecule is CCCC/C=C\CCCCCCCC(=O)OC(CO)COP(=O)(O)OCC(COC(=O)CCCCCCC/C=C\CCCCCCCC)OC(=O)CCCCCCC/C=C\CCCC. The summed E-state index contributed by atoms with van der Waals surface area (Å²) in [6.45, 7) is 4.53. The van der Waals surface area contributed by atoms with Crippen molar-refractivity contribution in [2.75, 3.05) is 26.4 Å². The normalized spacial score (nSPS) is 13.8. The van der Waals surface area contributed by atoms with Crippen LogP contribution in [0.3, 0.4) is 0 Å². The van der Waals surface area contributed by atoms with Crippen LogP contribution < -0.4 is 0 Å². The zero-order valence-electron chi connectivity index (χ0n) is 41.0. The van der Waals surface area contributed by atoms with E-state index in [2.05, 4.69) is 57.2 Å². The van der Waals surface area contributed by atoms with Gasteiger partial charge >= 0.3 is 25.7 Å². The molecular formula is C52H95O11P. The summed E-state index contributed by atoms with van der Waals surface area (Å²) in [4.78, 5) is 48.2. The number of carbonyl (C=O) groups is 3. The van der Waals surface area contributed by atoms with Gasteiger partial charge in [-0.1, -0.05) is 173 Å². The van der Waals surface area contributed by atoms with Crippen LogP contribution in [0.5, 0.6) is 0 Å². The van der Waals surface area contributed by atoms with E-state index in [0.29, 0.717) is 19.3 Å². The molecule has 374 valence electrons. The van der Waals surface area contributed by atoms with Gasteiger partial charge in [0.05, 0.1) is 19.8 Å². The second-order valence-corrected chi connectivity index (χ2v) is 18.8. The molecule has 0 rings (SSSR count). The fourth-order valence-electron chi connectivity index (χ4n) is 6.96. The Morgan fingerprint density at radius 3 is 1.12 bits per heavy atom. The number of aliphatic hydroxyl groups excluding tert-OH is 1. The molecule has 2 N–H and O–H groups in total. The molecule has 0 aromatic rings. The largest absolute Gasteiger partial charge is 0.472 e. The summed E-state index contributed by atoms with van der Waals surface area (Å²) < 4.78 is 39.3. The van der Waals surface area contributed by atoms with E-state index in [1.807, 2.05) is 0 Å². The summed E-state index contributed by atoms with van der Waals surface area (Å²) in [6, 6.07) is 0. The average Bonchev–Trinajstić information content (AvgIpc) is 3.28. The van der Waals surface area contributed by atoms with Crippen LogP contribution in [0.4, 0.5) is 0 Å². The summed E-state index contributed by atoms with van der Waals surface area (Å²) >= 11 is 0. The molecule has 0 heterocycles. The van der Waals surface area contributed by atoms with Crippen molar-refractivity contribution in [2.45, 2.75) is 251 Å². The third-order valence-corrected chi connectivity index (χ3v) is 12.0. The summed E-state index contributed by atoms with van der Waals surface area (Å²) in [7, 11) is -4.74. The van der Waals surface area contributed by atoms with Gasteiger partial charge in [-0.25, -0.2) is 4.57 Å². The predicted molar refractivity (Wildman–Crippen MR) is 261 cm³/mol. The highest BCUT2D eigenvalue weighted by molar-refractivity contribution is 7.47. The number of rotatable bonds is 48. The Bertz CT molecular complexity index is 1220. The fraction of sp³-hybridized carbons (Fsp3) is 0.827. The summed E-state index contributed by atoms with van der Waals surface area (Å²) in [6.07, 6.45) is 45.5. The van der Waals surface area contributed by atoms with Crippen molar-refractivity contribution in [1.82, 2.24) is 0 Å². The zero-order valence-corrected chi connectivity index (χ0v) is 41.9. The topological polar surface area (TPSA) is 155 Å². The Morgan fingerprint density at radius 2 is 0.734 bits per heavy atom. The number of phosphoric ester groups is 1. The Labute approximate surface area is 390 Å². The van der Waals surface area contributed by atoms with Crippen molar-refractivity contribution in [1.29, 1.82) is 0 Å². The molecule has 0 aliphatic rings. The van der Waals surface area contributed by atoms with E-state index < -0.39 is 57.8 Å². The minimum Gasteiger partial charge on any atom is -0.462 e. The molecule has 0 aliphatic heterocycles. The van der Waals surface area contributed by atoms with Crippen LogP contribution in [-0.4, -0.2) is 66.5 Å². The van der Waals surface area contributed by atoms with Crippen LogP contribution in [0.25, 0.3) is 0 Å². The number of carbonyl (C=O) groups excluding carboxylic acids is 3. The molecule has 0 spiro atoms. The molecule has 0 saturated carbocycles. The maximum Gasteiger partial charge on any atom is 0.472 e. The minimum absolute atomic E-state index is 0.157. The van der Waals surface area contributed by atoms with E-state index in [-0.39, 0.29) is 25.9 Å². The maximum absolute atomic E-state index is 12.8. The van der Waals surface area contributed by atoms with E-state index >= 15 is 0 Å². The molecule has 0 aromatic carbocycles. The third-order valence-electron chi connectivity index (χ3n) is 11.0. The van der Waals surface area contributed by atoms with Crippen molar-refractivity contribution in [3.05, 3.63) is 36.5 Å². The van der Waals surface area contributed by atoms with E-state index in [1.165, 1.54) is 64.2 Å². The van der Waals surface area contributed by atoms with Crippen molar-refractivity contribution >= 4 is 25.7 Å². The van der Waals surface area contributed by atoms with Gasteiger partial charge in [0.15, 0.2) is 6.10 Å². The lowest BCUT2D eigenvalue weighted by molar-refractivity contribution is -0.161. The Morgan fingerprint density at radius 1 is 0.422 bits per heavy atom. The quantitative estimate of drug-likeness (QED) is 0.0197. The number of phosphoric acid groups is 1. The van der Waals surface area contributed by atoms with Crippen molar-refractivity contribution in [3.63, 3.8) is 0 Å². The number of aliphatic hydroxyl groups is 1. The van der Waals surface area contributed by atoms with Crippen LogP contribution in [0.2, 0.25) is 0 Å². The van der Waals surface area contributed by atoms with Crippen molar-refractivity contribution < 1.29 is 52.2 Å². The molecule has 0 fully saturated rings. The molecule has 3 unspecified atom stereocenters. The highest BCUT2D eigenvalue weighted by Crippen LogP contribution is 2.43. The maximum atomic E-state index is 12.8. The van der Waals surface area contributed by atoms with Crippen LogP contribution in [0.15, 0.2) is 36.5 Å². The Kier molecular flexibility index (Phi) is 45.5. The Hall–Kier alpha value is -2.30. The van der Waals surface area contributed by atoms with Gasteiger partial charge in [-0.3, -0.25) is 23.4 Å². The van der Waals surface area contributed by atoms with Crippen LogP contribution >= 0.6 is 7.82 Å². The van der Waals surface area contributed by atoms with Gasteiger partial charge in [0.2, 0.25) is 0 Å². The van der Waals surface area contributed by atoms with E-state index in [4.69, 9.17) is 23.3 Å². The summed E-state index contributed by atoms with van der Waals surface area (Å²) in [5, 5.41) is 9.75. The summed E-state index contributed by atoms with van der Waals surface area (Å²) in [5.74, 6) is -1.49. The number of unbranched alkanes of at least 4 members (excludes halogenated alkanes) is 25. The zero-order chi connectivity index (χ0) is 47.0. The highest BCUT2D eigenvalue weighted by atomic mass is 31.2. The van der Waals surface area contributed by atoms with Crippen molar-refractivity contribution in [2.24, 2.45) is 0 Å². The second-order valence-electron chi connectivity index (χ2n) is 17.3. The highest BCUT2D eigenvalue weighted by Gasteiger charge is 2.28. The smallest absolute Gasteiger partial charge is 0.462 e. The van der Waals surface area contributed by atoms with Gasteiger partial charge in [-0.2, -0.15) is 0 Å². The number of hydrogen-bond acceptors (Lipinski definition) is 10. The van der Waals surface area contributed by atoms with E-state index in [1.54, 1.807) is 0 Å². The average molecular weight is 927 g/mol. The molecule has 12 heteroatoms. The first-order valence-electron chi connectivity index (χ1n) is 25.9. The fourth-order valence-corrected chi connectivity index (χ4v) is 7.74. The predicted octanol–water partition coefficient (Wildman–Crippen LogP) is 14.5. The van der Waals surface area contributed by atoms with Gasteiger partial charge in [0, 0.05) is 19.3 Å². The van der Waals surface area contributed by atoms with E-state index in [0.717, 1.165) is 116 Å². The molecule has 11 nitrogen and oxygen atoms in total.